The molecule has 2 N–H and O–H groups in total. The van der Waals surface area contributed by atoms with E-state index in [-0.39, 0.29) is 11.8 Å². The molecule has 4 aromatic rings. The van der Waals surface area contributed by atoms with Crippen molar-refractivity contribution in [2.45, 2.75) is 38.1 Å². The molecule has 0 saturated heterocycles. The highest BCUT2D eigenvalue weighted by Crippen LogP contribution is 2.41. The van der Waals surface area contributed by atoms with Crippen LogP contribution >= 0.6 is 0 Å². The summed E-state index contributed by atoms with van der Waals surface area (Å²) in [4.78, 5) is 9.64. The van der Waals surface area contributed by atoms with Crippen LogP contribution in [0.25, 0.3) is 10.9 Å². The summed E-state index contributed by atoms with van der Waals surface area (Å²) in [7, 11) is 3.19. The smallest absolute Gasteiger partial charge is 0.493 e. The zero-order valence-corrected chi connectivity index (χ0v) is 21.1. The molecule has 0 bridgehead atoms. The van der Waals surface area contributed by atoms with Crippen LogP contribution in [0.15, 0.2) is 60.7 Å². The molecule has 1 fully saturated rings. The van der Waals surface area contributed by atoms with Crippen LogP contribution in [0, 0.1) is 0 Å². The fraction of sp³-hybridized carbons (Fsp3) is 0.286. The molecule has 1 unspecified atom stereocenters. The van der Waals surface area contributed by atoms with E-state index in [9.17, 15) is 13.2 Å². The van der Waals surface area contributed by atoms with Crippen LogP contribution < -0.4 is 24.8 Å². The molecule has 7 nitrogen and oxygen atoms in total. The van der Waals surface area contributed by atoms with E-state index in [0.29, 0.717) is 28.9 Å². The van der Waals surface area contributed by atoms with E-state index in [1.807, 2.05) is 43.3 Å². The molecule has 1 aliphatic carbocycles. The van der Waals surface area contributed by atoms with Crippen molar-refractivity contribution in [2.75, 3.05) is 24.9 Å². The number of anilines is 3. The van der Waals surface area contributed by atoms with Crippen LogP contribution in [0.4, 0.5) is 30.4 Å². The number of methoxy groups -OCH3 is 2. The summed E-state index contributed by atoms with van der Waals surface area (Å²) in [6.07, 6.45) is -2.58. The predicted molar refractivity (Wildman–Crippen MR) is 140 cm³/mol. The minimum Gasteiger partial charge on any atom is -0.493 e. The molecule has 1 atom stereocenters. The van der Waals surface area contributed by atoms with Gasteiger partial charge in [0, 0.05) is 28.7 Å². The molecule has 1 aliphatic rings. The van der Waals surface area contributed by atoms with Gasteiger partial charge in [-0.15, -0.1) is 13.2 Å². The van der Waals surface area contributed by atoms with Crippen LogP contribution in [0.3, 0.4) is 0 Å². The van der Waals surface area contributed by atoms with Gasteiger partial charge in [0.25, 0.3) is 0 Å². The van der Waals surface area contributed by atoms with Gasteiger partial charge in [-0.2, -0.15) is 0 Å². The lowest BCUT2D eigenvalue weighted by molar-refractivity contribution is -0.274. The van der Waals surface area contributed by atoms with E-state index >= 15 is 0 Å². The molecule has 0 radical (unpaired) electrons. The lowest BCUT2D eigenvalue weighted by Crippen LogP contribution is -2.16. The number of aromatic nitrogens is 2. The zero-order chi connectivity index (χ0) is 26.9. The summed E-state index contributed by atoms with van der Waals surface area (Å²) in [6.45, 7) is 2.04. The van der Waals surface area contributed by atoms with Crippen molar-refractivity contribution in [2.24, 2.45) is 0 Å². The van der Waals surface area contributed by atoms with Gasteiger partial charge >= 0.3 is 6.36 Å². The quantitative estimate of drug-likeness (QED) is 0.237. The molecule has 1 heterocycles. The first-order valence-electron chi connectivity index (χ1n) is 12.2. The average Bonchev–Trinajstić information content (AvgIpc) is 3.74. The number of benzene rings is 3. The standard InChI is InChI=1S/C28H27F3N4O3/c1-16(18-5-4-6-20(13-18)33-19-9-11-21(12-10-19)38-28(29,30)31)32-27-22-14-24(36-2)25(37-3)15-23(22)34-26(35-27)17-7-8-17/h4-6,9-17,33H,7-8H2,1-3H3,(H,32,34,35). The van der Waals surface area contributed by atoms with Crippen LogP contribution in [0.1, 0.15) is 43.1 Å². The highest BCUT2D eigenvalue weighted by molar-refractivity contribution is 5.92. The monoisotopic (exact) mass is 524 g/mol. The van der Waals surface area contributed by atoms with E-state index in [1.165, 1.54) is 24.3 Å². The lowest BCUT2D eigenvalue weighted by Gasteiger charge is -2.19. The second-order valence-electron chi connectivity index (χ2n) is 9.12. The number of hydrogen-bond donors (Lipinski definition) is 2. The van der Waals surface area contributed by atoms with E-state index in [1.54, 1.807) is 14.2 Å². The number of hydrogen-bond acceptors (Lipinski definition) is 7. The van der Waals surface area contributed by atoms with Gasteiger partial charge in [-0.1, -0.05) is 12.1 Å². The Morgan fingerprint density at radius 3 is 2.26 bits per heavy atom. The Balaban J connectivity index is 1.38. The fourth-order valence-corrected chi connectivity index (χ4v) is 4.19. The predicted octanol–water partition coefficient (Wildman–Crippen LogP) is 7.34. The number of nitrogens with zero attached hydrogens (tertiary/aromatic N) is 2. The van der Waals surface area contributed by atoms with Crippen molar-refractivity contribution in [1.82, 2.24) is 9.97 Å². The van der Waals surface area contributed by atoms with Gasteiger partial charge in [0.1, 0.15) is 17.4 Å². The number of halogens is 3. The molecule has 3 aromatic carbocycles. The summed E-state index contributed by atoms with van der Waals surface area (Å²) in [5.74, 6) is 2.82. The topological polar surface area (TPSA) is 77.5 Å². The maximum Gasteiger partial charge on any atom is 0.573 e. The van der Waals surface area contributed by atoms with Crippen molar-refractivity contribution in [3.05, 3.63) is 72.1 Å². The fourth-order valence-electron chi connectivity index (χ4n) is 4.19. The minimum atomic E-state index is -4.72. The summed E-state index contributed by atoms with van der Waals surface area (Å²) in [6, 6.07) is 17.0. The molecule has 10 heteroatoms. The van der Waals surface area contributed by atoms with Gasteiger partial charge in [-0.3, -0.25) is 0 Å². The molecule has 0 spiro atoms. The van der Waals surface area contributed by atoms with E-state index in [0.717, 1.165) is 40.8 Å². The Morgan fingerprint density at radius 1 is 0.895 bits per heavy atom. The molecule has 1 saturated carbocycles. The number of ether oxygens (including phenoxy) is 3. The van der Waals surface area contributed by atoms with E-state index in [2.05, 4.69) is 15.4 Å². The Morgan fingerprint density at radius 2 is 1.61 bits per heavy atom. The Labute approximate surface area is 218 Å². The number of rotatable bonds is 9. The summed E-state index contributed by atoms with van der Waals surface area (Å²) < 4.78 is 52.2. The van der Waals surface area contributed by atoms with Crippen LogP contribution in [-0.4, -0.2) is 30.5 Å². The maximum absolute atomic E-state index is 12.4. The molecule has 38 heavy (non-hydrogen) atoms. The largest absolute Gasteiger partial charge is 0.573 e. The van der Waals surface area contributed by atoms with Crippen LogP contribution in [-0.2, 0) is 0 Å². The van der Waals surface area contributed by atoms with Crippen molar-refractivity contribution in [1.29, 1.82) is 0 Å². The number of alkyl halides is 3. The minimum absolute atomic E-state index is 0.113. The van der Waals surface area contributed by atoms with Crippen molar-refractivity contribution >= 4 is 28.1 Å². The molecule has 1 aromatic heterocycles. The summed E-state index contributed by atoms with van der Waals surface area (Å²) in [5, 5.41) is 7.59. The van der Waals surface area contributed by atoms with Crippen LogP contribution in [0.5, 0.6) is 17.2 Å². The third-order valence-electron chi connectivity index (χ3n) is 6.28. The van der Waals surface area contributed by atoms with Gasteiger partial charge in [-0.25, -0.2) is 9.97 Å². The van der Waals surface area contributed by atoms with Gasteiger partial charge in [0.2, 0.25) is 0 Å². The Kier molecular flexibility index (Phi) is 6.88. The lowest BCUT2D eigenvalue weighted by atomic mass is 10.1. The molecule has 0 aliphatic heterocycles. The normalized spacial score (nSPS) is 14.2. The highest BCUT2D eigenvalue weighted by Gasteiger charge is 2.31. The van der Waals surface area contributed by atoms with Crippen molar-refractivity contribution in [3.63, 3.8) is 0 Å². The van der Waals surface area contributed by atoms with Crippen molar-refractivity contribution < 1.29 is 27.4 Å². The molecule has 0 amide bonds. The van der Waals surface area contributed by atoms with E-state index in [4.69, 9.17) is 19.4 Å². The number of fused-ring (bicyclic) bond motifs is 1. The van der Waals surface area contributed by atoms with Gasteiger partial charge < -0.3 is 24.8 Å². The Bertz CT molecular complexity index is 1440. The summed E-state index contributed by atoms with van der Waals surface area (Å²) in [5.41, 5.74) is 3.20. The maximum atomic E-state index is 12.4. The third kappa shape index (κ3) is 5.85. The van der Waals surface area contributed by atoms with Gasteiger partial charge in [-0.05, 0) is 67.8 Å². The SMILES string of the molecule is COc1cc2nc(C3CC3)nc(NC(C)c3cccc(Nc4ccc(OC(F)(F)F)cc4)c3)c2cc1OC. The molecular weight excluding hydrogens is 497 g/mol. The first-order valence-corrected chi connectivity index (χ1v) is 12.2. The number of nitrogens with one attached hydrogen (secondary N) is 2. The Hall–Kier alpha value is -4.21. The molecule has 198 valence electrons. The first-order chi connectivity index (χ1) is 18.2. The second-order valence-corrected chi connectivity index (χ2v) is 9.12. The first kappa shape index (κ1) is 25.4. The highest BCUT2D eigenvalue weighted by atomic mass is 19.4. The van der Waals surface area contributed by atoms with Crippen molar-refractivity contribution in [3.8, 4) is 17.2 Å². The molecular formula is C28H27F3N4O3. The van der Waals surface area contributed by atoms with E-state index < -0.39 is 6.36 Å². The third-order valence-corrected chi connectivity index (χ3v) is 6.28. The molecule has 5 rings (SSSR count). The average molecular weight is 525 g/mol. The zero-order valence-electron chi connectivity index (χ0n) is 21.1. The summed E-state index contributed by atoms with van der Waals surface area (Å²) >= 11 is 0. The second kappa shape index (κ2) is 10.3. The van der Waals surface area contributed by atoms with Crippen LogP contribution in [0.2, 0.25) is 0 Å². The van der Waals surface area contributed by atoms with Gasteiger partial charge in [0.05, 0.1) is 25.8 Å². The van der Waals surface area contributed by atoms with Gasteiger partial charge in [0.15, 0.2) is 11.5 Å².